The van der Waals surface area contributed by atoms with E-state index in [9.17, 15) is 18.0 Å². The number of anilines is 4. The molecule has 0 saturated heterocycles. The molecule has 2 N–H and O–H groups in total. The fourth-order valence-electron chi connectivity index (χ4n) is 4.50. The number of benzene rings is 2. The lowest BCUT2D eigenvalue weighted by molar-refractivity contribution is -0.139. The molecule has 0 spiro atoms. The number of fused-ring (bicyclic) bond motifs is 1. The van der Waals surface area contributed by atoms with Gasteiger partial charge in [0.15, 0.2) is 0 Å². The fourth-order valence-corrected chi connectivity index (χ4v) is 4.70. The zero-order valence-electron chi connectivity index (χ0n) is 23.9. The lowest BCUT2D eigenvalue weighted by Gasteiger charge is -2.26. The van der Waals surface area contributed by atoms with Crippen LogP contribution < -0.4 is 20.3 Å². The molecule has 2 aromatic heterocycles. The first kappa shape index (κ1) is 31.0. The SMILES string of the molecule is COc1cc(N(C)CCN(C)C)c(NC(=O)CCS)cc1Nc1nccc(-c2cn(CC(F)(F)F)c3ccccc23)n1. The summed E-state index contributed by atoms with van der Waals surface area (Å²) in [7, 11) is 7.44. The Morgan fingerprint density at radius 2 is 1.86 bits per heavy atom. The average molecular weight is 602 g/mol. The number of hydrogen-bond acceptors (Lipinski definition) is 8. The van der Waals surface area contributed by atoms with Gasteiger partial charge < -0.3 is 29.7 Å². The van der Waals surface area contributed by atoms with Crippen molar-refractivity contribution >= 4 is 52.4 Å². The zero-order chi connectivity index (χ0) is 30.4. The summed E-state index contributed by atoms with van der Waals surface area (Å²) < 4.78 is 46.6. The van der Waals surface area contributed by atoms with Crippen LogP contribution in [-0.4, -0.2) is 78.6 Å². The van der Waals surface area contributed by atoms with Crippen LogP contribution in [0.1, 0.15) is 6.42 Å². The molecule has 0 aliphatic heterocycles. The Labute approximate surface area is 248 Å². The van der Waals surface area contributed by atoms with Crippen molar-refractivity contribution in [3.63, 3.8) is 0 Å². The number of carbonyl (C=O) groups is 1. The minimum Gasteiger partial charge on any atom is -0.494 e. The van der Waals surface area contributed by atoms with Gasteiger partial charge in [-0.1, -0.05) is 18.2 Å². The van der Waals surface area contributed by atoms with Gasteiger partial charge in [-0.05, 0) is 38.0 Å². The number of ether oxygens (including phenoxy) is 1. The summed E-state index contributed by atoms with van der Waals surface area (Å²) in [4.78, 5) is 25.6. The molecular formula is C29H34F3N7O2S. The van der Waals surface area contributed by atoms with Gasteiger partial charge in [-0.25, -0.2) is 9.97 Å². The molecular weight excluding hydrogens is 567 g/mol. The Morgan fingerprint density at radius 3 is 2.55 bits per heavy atom. The molecule has 0 atom stereocenters. The summed E-state index contributed by atoms with van der Waals surface area (Å²) in [5, 5.41) is 6.77. The van der Waals surface area contributed by atoms with Crippen LogP contribution >= 0.6 is 12.6 Å². The maximum absolute atomic E-state index is 13.3. The van der Waals surface area contributed by atoms with E-state index >= 15 is 0 Å². The van der Waals surface area contributed by atoms with Gasteiger partial charge in [0.25, 0.3) is 0 Å². The minimum absolute atomic E-state index is 0.183. The summed E-state index contributed by atoms with van der Waals surface area (Å²) >= 11 is 4.17. The maximum atomic E-state index is 13.3. The second-order valence-electron chi connectivity index (χ2n) is 10.0. The van der Waals surface area contributed by atoms with Gasteiger partial charge in [0, 0.05) is 61.5 Å². The molecule has 0 fully saturated rings. The molecule has 4 rings (SSSR count). The number of methoxy groups -OCH3 is 1. The smallest absolute Gasteiger partial charge is 0.406 e. The summed E-state index contributed by atoms with van der Waals surface area (Å²) in [6.07, 6.45) is -1.14. The molecule has 224 valence electrons. The third kappa shape index (κ3) is 7.65. The fraction of sp³-hybridized carbons (Fsp3) is 0.345. The van der Waals surface area contributed by atoms with E-state index in [2.05, 4.69) is 38.1 Å². The van der Waals surface area contributed by atoms with Gasteiger partial charge in [0.2, 0.25) is 11.9 Å². The van der Waals surface area contributed by atoms with Crippen LogP contribution in [0.25, 0.3) is 22.2 Å². The molecule has 0 aliphatic rings. The summed E-state index contributed by atoms with van der Waals surface area (Å²) in [5.74, 6) is 0.917. The third-order valence-corrected chi connectivity index (χ3v) is 6.76. The van der Waals surface area contributed by atoms with Crippen LogP contribution in [0.3, 0.4) is 0 Å². The van der Waals surface area contributed by atoms with Gasteiger partial charge in [-0.3, -0.25) is 4.79 Å². The van der Waals surface area contributed by atoms with E-state index < -0.39 is 12.7 Å². The van der Waals surface area contributed by atoms with E-state index in [1.54, 1.807) is 36.4 Å². The van der Waals surface area contributed by atoms with Crippen LogP contribution in [-0.2, 0) is 11.3 Å². The second kappa shape index (κ2) is 13.3. The Bertz CT molecular complexity index is 1540. The number of nitrogens with zero attached hydrogens (tertiary/aromatic N) is 5. The van der Waals surface area contributed by atoms with E-state index in [0.29, 0.717) is 51.6 Å². The normalized spacial score (nSPS) is 11.6. The Balaban J connectivity index is 1.71. The molecule has 0 aliphatic carbocycles. The van der Waals surface area contributed by atoms with Crippen LogP contribution in [0.15, 0.2) is 54.9 Å². The van der Waals surface area contributed by atoms with E-state index in [-0.39, 0.29) is 18.3 Å². The average Bonchev–Trinajstić information content (AvgIpc) is 3.29. The summed E-state index contributed by atoms with van der Waals surface area (Å²) in [6.45, 7) is 0.381. The van der Waals surface area contributed by atoms with E-state index in [1.807, 2.05) is 32.1 Å². The predicted molar refractivity (Wildman–Crippen MR) is 164 cm³/mol. The topological polar surface area (TPSA) is 87.5 Å². The van der Waals surface area contributed by atoms with Crippen molar-refractivity contribution in [1.29, 1.82) is 0 Å². The largest absolute Gasteiger partial charge is 0.494 e. The molecule has 2 aromatic carbocycles. The van der Waals surface area contributed by atoms with Crippen LogP contribution in [0.4, 0.5) is 36.2 Å². The van der Waals surface area contributed by atoms with E-state index in [1.165, 1.54) is 24.1 Å². The molecule has 0 radical (unpaired) electrons. The van der Waals surface area contributed by atoms with Crippen molar-refractivity contribution in [1.82, 2.24) is 19.4 Å². The Kier molecular flexibility index (Phi) is 9.84. The van der Waals surface area contributed by atoms with Crippen molar-refractivity contribution in [2.75, 3.05) is 62.6 Å². The lowest BCUT2D eigenvalue weighted by Crippen LogP contribution is -2.29. The molecule has 1 amide bonds. The number of amides is 1. The molecule has 0 unspecified atom stereocenters. The maximum Gasteiger partial charge on any atom is 0.406 e. The third-order valence-electron chi connectivity index (χ3n) is 6.54. The highest BCUT2D eigenvalue weighted by atomic mass is 32.1. The van der Waals surface area contributed by atoms with Gasteiger partial charge in [-0.15, -0.1) is 0 Å². The van der Waals surface area contributed by atoms with E-state index in [4.69, 9.17) is 4.74 Å². The monoisotopic (exact) mass is 601 g/mol. The van der Waals surface area contributed by atoms with Crippen molar-refractivity contribution < 1.29 is 22.7 Å². The number of carbonyl (C=O) groups excluding carboxylic acids is 1. The molecule has 4 aromatic rings. The first-order chi connectivity index (χ1) is 20.0. The number of rotatable bonds is 12. The van der Waals surface area contributed by atoms with Crippen molar-refractivity contribution in [3.8, 4) is 17.0 Å². The molecule has 9 nitrogen and oxygen atoms in total. The van der Waals surface area contributed by atoms with E-state index in [0.717, 1.165) is 12.2 Å². The lowest BCUT2D eigenvalue weighted by atomic mass is 10.1. The quantitative estimate of drug-likeness (QED) is 0.181. The first-order valence-electron chi connectivity index (χ1n) is 13.2. The number of para-hydroxylation sites is 1. The number of halogens is 3. The van der Waals surface area contributed by atoms with Crippen LogP contribution in [0, 0.1) is 0 Å². The van der Waals surface area contributed by atoms with Gasteiger partial charge >= 0.3 is 6.18 Å². The summed E-state index contributed by atoms with van der Waals surface area (Å²) in [5.41, 5.74) is 3.28. The van der Waals surface area contributed by atoms with Crippen molar-refractivity contribution in [2.24, 2.45) is 0 Å². The highest BCUT2D eigenvalue weighted by molar-refractivity contribution is 7.80. The molecule has 13 heteroatoms. The second-order valence-corrected chi connectivity index (χ2v) is 10.5. The number of aromatic nitrogens is 3. The van der Waals surface area contributed by atoms with Crippen LogP contribution in [0.5, 0.6) is 5.75 Å². The summed E-state index contributed by atoms with van der Waals surface area (Å²) in [6, 6.07) is 12.1. The Hall–Kier alpha value is -3.97. The van der Waals surface area contributed by atoms with Gasteiger partial charge in [0.1, 0.15) is 12.3 Å². The molecule has 0 bridgehead atoms. The highest BCUT2D eigenvalue weighted by Crippen LogP contribution is 2.38. The van der Waals surface area contributed by atoms with Gasteiger partial charge in [-0.2, -0.15) is 25.8 Å². The van der Waals surface area contributed by atoms with Gasteiger partial charge in [0.05, 0.1) is 29.9 Å². The standard InChI is InChI=1S/C29H34F3N7O2S/c1-37(2)12-13-38(3)25-16-26(41-4)23(15-22(25)34-27(40)10-14-42)36-28-33-11-9-21(35-28)20-17-39(18-29(30,31)32)24-8-6-5-7-19(20)24/h5-9,11,15-17,42H,10,12-14,18H2,1-4H3,(H,34,40)(H,33,35,36). The minimum atomic E-state index is -4.37. The number of likely N-dealkylation sites (N-methyl/N-ethyl adjacent to an activating group) is 2. The number of nitrogens with one attached hydrogen (secondary N) is 2. The number of alkyl halides is 3. The number of hydrogen-bond donors (Lipinski definition) is 3. The molecule has 0 saturated carbocycles. The van der Waals surface area contributed by atoms with Crippen LogP contribution in [0.2, 0.25) is 0 Å². The van der Waals surface area contributed by atoms with Crippen molar-refractivity contribution in [2.45, 2.75) is 19.1 Å². The highest BCUT2D eigenvalue weighted by Gasteiger charge is 2.29. The predicted octanol–water partition coefficient (Wildman–Crippen LogP) is 5.67. The molecule has 42 heavy (non-hydrogen) atoms. The molecule has 2 heterocycles. The first-order valence-corrected chi connectivity index (χ1v) is 13.9. The van der Waals surface area contributed by atoms with Crippen molar-refractivity contribution in [3.05, 3.63) is 54.9 Å². The zero-order valence-corrected chi connectivity index (χ0v) is 24.8. The number of thiol groups is 1. The Morgan fingerprint density at radius 1 is 1.10 bits per heavy atom.